The van der Waals surface area contributed by atoms with Crippen LogP contribution in [0.4, 0.5) is 0 Å². The van der Waals surface area contributed by atoms with Gasteiger partial charge in [-0.15, -0.1) is 6.58 Å². The Hall–Kier alpha value is -1.81. The summed E-state index contributed by atoms with van der Waals surface area (Å²) in [4.78, 5) is 13.0. The van der Waals surface area contributed by atoms with Gasteiger partial charge in [-0.05, 0) is 37.3 Å². The fourth-order valence-electron chi connectivity index (χ4n) is 3.16. The number of benzene rings is 1. The van der Waals surface area contributed by atoms with Crippen molar-refractivity contribution in [3.05, 3.63) is 42.0 Å². The second-order valence-electron chi connectivity index (χ2n) is 6.98. The third kappa shape index (κ3) is 4.60. The molecule has 1 aromatic rings. The van der Waals surface area contributed by atoms with Crippen LogP contribution in [0.2, 0.25) is 0 Å². The molecule has 0 aliphatic carbocycles. The van der Waals surface area contributed by atoms with E-state index in [0.717, 1.165) is 31.2 Å². The number of unbranched alkanes of at least 4 members (excludes halogenated alkanes) is 1. The van der Waals surface area contributed by atoms with Gasteiger partial charge in [0.1, 0.15) is 5.75 Å². The zero-order valence-electron chi connectivity index (χ0n) is 15.8. The van der Waals surface area contributed by atoms with Crippen molar-refractivity contribution >= 4 is 5.91 Å². The van der Waals surface area contributed by atoms with Gasteiger partial charge in [0.05, 0.1) is 13.2 Å². The van der Waals surface area contributed by atoms with E-state index in [1.54, 1.807) is 13.2 Å². The molecule has 1 atom stereocenters. The first kappa shape index (κ1) is 20.2. The molecular weight excluding hydrogens is 300 g/mol. The van der Waals surface area contributed by atoms with Crippen molar-refractivity contribution in [2.45, 2.75) is 59.4 Å². The van der Waals surface area contributed by atoms with Crippen LogP contribution in [0.5, 0.6) is 5.75 Å². The fourth-order valence-corrected chi connectivity index (χ4v) is 3.16. The molecule has 0 fully saturated rings. The molecule has 0 aliphatic rings. The predicted molar refractivity (Wildman–Crippen MR) is 100.0 cm³/mol. The molecule has 1 unspecified atom stereocenters. The van der Waals surface area contributed by atoms with Crippen LogP contribution in [0, 0.1) is 12.3 Å². The number of hydrazine groups is 1. The molecule has 1 aromatic carbocycles. The van der Waals surface area contributed by atoms with Crippen LogP contribution in [-0.4, -0.2) is 24.1 Å². The van der Waals surface area contributed by atoms with Crippen LogP contribution in [0.15, 0.2) is 30.9 Å². The van der Waals surface area contributed by atoms with Crippen molar-refractivity contribution < 1.29 is 9.53 Å². The molecule has 0 bridgehead atoms. The summed E-state index contributed by atoms with van der Waals surface area (Å²) in [5, 5.41) is 1.42. The number of allylic oxidation sites excluding steroid dienone is 1. The van der Waals surface area contributed by atoms with Crippen LogP contribution in [0.3, 0.4) is 0 Å². The molecule has 4 heteroatoms. The highest BCUT2D eigenvalue weighted by atomic mass is 16.5. The molecule has 134 valence electrons. The number of ether oxygens (including phenoxy) is 1. The van der Waals surface area contributed by atoms with Crippen molar-refractivity contribution in [3.8, 4) is 5.75 Å². The summed E-state index contributed by atoms with van der Waals surface area (Å²) in [6.07, 6.45) is 5.68. The van der Waals surface area contributed by atoms with Gasteiger partial charge >= 0.3 is 0 Å². The summed E-state index contributed by atoms with van der Waals surface area (Å²) >= 11 is 0. The molecule has 0 saturated carbocycles. The highest BCUT2D eigenvalue weighted by molar-refractivity contribution is 5.96. The standard InChI is InChI=1S/C20H32N2O2/c1-7-9-13-18(20(4,5)14-8-2)22(21)19(23)16-11-10-12-17(24-6)15(16)3/h8,10-12,18H,2,7,9,13-14,21H2,1,3-6H3. The van der Waals surface area contributed by atoms with Crippen LogP contribution < -0.4 is 10.6 Å². The number of carbonyl (C=O) groups excluding carboxylic acids is 1. The van der Waals surface area contributed by atoms with Crippen molar-refractivity contribution in [2.75, 3.05) is 7.11 Å². The number of amides is 1. The first-order valence-corrected chi connectivity index (χ1v) is 8.62. The number of rotatable bonds is 9. The minimum atomic E-state index is -0.162. The van der Waals surface area contributed by atoms with Gasteiger partial charge in [0, 0.05) is 11.1 Å². The average molecular weight is 332 g/mol. The van der Waals surface area contributed by atoms with Crippen molar-refractivity contribution in [1.82, 2.24) is 5.01 Å². The lowest BCUT2D eigenvalue weighted by atomic mass is 9.78. The predicted octanol–water partition coefficient (Wildman–Crippen LogP) is 4.48. The summed E-state index contributed by atoms with van der Waals surface area (Å²) in [6, 6.07) is 5.43. The molecule has 0 aromatic heterocycles. The number of nitrogens with two attached hydrogens (primary N) is 1. The van der Waals surface area contributed by atoms with Crippen molar-refractivity contribution in [3.63, 3.8) is 0 Å². The highest BCUT2D eigenvalue weighted by Gasteiger charge is 2.35. The van der Waals surface area contributed by atoms with E-state index in [-0.39, 0.29) is 17.4 Å². The van der Waals surface area contributed by atoms with E-state index in [1.165, 1.54) is 5.01 Å². The quantitative estimate of drug-likeness (QED) is 0.314. The molecule has 1 rings (SSSR count). The zero-order chi connectivity index (χ0) is 18.3. The Morgan fingerprint density at radius 3 is 2.67 bits per heavy atom. The third-order valence-corrected chi connectivity index (χ3v) is 4.71. The normalized spacial score (nSPS) is 12.6. The Balaban J connectivity index is 3.15. The maximum atomic E-state index is 13.0. The minimum absolute atomic E-state index is 0.0476. The minimum Gasteiger partial charge on any atom is -0.496 e. The molecule has 0 heterocycles. The summed E-state index contributed by atoms with van der Waals surface area (Å²) in [5.41, 5.74) is 1.28. The summed E-state index contributed by atoms with van der Waals surface area (Å²) < 4.78 is 5.32. The molecule has 0 radical (unpaired) electrons. The van der Waals surface area contributed by atoms with Crippen LogP contribution in [0.1, 0.15) is 62.4 Å². The Morgan fingerprint density at radius 1 is 1.46 bits per heavy atom. The van der Waals surface area contributed by atoms with Gasteiger partial charge in [-0.2, -0.15) is 0 Å². The molecule has 0 spiro atoms. The zero-order valence-corrected chi connectivity index (χ0v) is 15.8. The maximum absolute atomic E-state index is 13.0. The number of hydrogen-bond acceptors (Lipinski definition) is 3. The smallest absolute Gasteiger partial charge is 0.268 e. The number of carbonyl (C=O) groups is 1. The van der Waals surface area contributed by atoms with Crippen molar-refractivity contribution in [1.29, 1.82) is 0 Å². The van der Waals surface area contributed by atoms with Crippen LogP contribution in [-0.2, 0) is 0 Å². The highest BCUT2D eigenvalue weighted by Crippen LogP contribution is 2.33. The van der Waals surface area contributed by atoms with Gasteiger partial charge in [-0.25, -0.2) is 5.84 Å². The van der Waals surface area contributed by atoms with E-state index in [9.17, 15) is 4.79 Å². The maximum Gasteiger partial charge on any atom is 0.268 e. The average Bonchev–Trinajstić information content (AvgIpc) is 2.54. The van der Waals surface area contributed by atoms with Gasteiger partial charge < -0.3 is 4.74 Å². The SMILES string of the molecule is C=CCC(C)(C)C(CCCC)N(N)C(=O)c1cccc(OC)c1C. The number of methoxy groups -OCH3 is 1. The van der Waals surface area contributed by atoms with E-state index in [2.05, 4.69) is 27.4 Å². The lowest BCUT2D eigenvalue weighted by molar-refractivity contribution is 0.0456. The first-order valence-electron chi connectivity index (χ1n) is 8.62. The Kier molecular flexibility index (Phi) is 7.49. The van der Waals surface area contributed by atoms with Gasteiger partial charge in [-0.3, -0.25) is 9.80 Å². The summed E-state index contributed by atoms with van der Waals surface area (Å²) in [7, 11) is 1.61. The van der Waals surface area contributed by atoms with E-state index in [4.69, 9.17) is 10.6 Å². The largest absolute Gasteiger partial charge is 0.496 e. The van der Waals surface area contributed by atoms with E-state index in [0.29, 0.717) is 11.3 Å². The lowest BCUT2D eigenvalue weighted by Crippen LogP contribution is -2.52. The summed E-state index contributed by atoms with van der Waals surface area (Å²) in [5.74, 6) is 6.86. The molecule has 1 amide bonds. The fraction of sp³-hybridized carbons (Fsp3) is 0.550. The molecule has 24 heavy (non-hydrogen) atoms. The van der Waals surface area contributed by atoms with Crippen LogP contribution >= 0.6 is 0 Å². The Bertz CT molecular complexity index is 567. The Morgan fingerprint density at radius 2 is 2.12 bits per heavy atom. The molecule has 0 saturated heterocycles. The third-order valence-electron chi connectivity index (χ3n) is 4.71. The molecule has 4 nitrogen and oxygen atoms in total. The van der Waals surface area contributed by atoms with Crippen molar-refractivity contribution in [2.24, 2.45) is 11.3 Å². The molecule has 2 N–H and O–H groups in total. The van der Waals surface area contributed by atoms with Gasteiger partial charge in [-0.1, -0.05) is 45.8 Å². The van der Waals surface area contributed by atoms with E-state index >= 15 is 0 Å². The number of hydrogen-bond donors (Lipinski definition) is 1. The van der Waals surface area contributed by atoms with Gasteiger partial charge in [0.15, 0.2) is 0 Å². The van der Waals surface area contributed by atoms with Gasteiger partial charge in [0.2, 0.25) is 0 Å². The van der Waals surface area contributed by atoms with Crippen LogP contribution in [0.25, 0.3) is 0 Å². The van der Waals surface area contributed by atoms with Gasteiger partial charge in [0.25, 0.3) is 5.91 Å². The number of nitrogens with zero attached hydrogens (tertiary/aromatic N) is 1. The second kappa shape index (κ2) is 8.88. The monoisotopic (exact) mass is 332 g/mol. The second-order valence-corrected chi connectivity index (χ2v) is 6.98. The topological polar surface area (TPSA) is 55.6 Å². The summed E-state index contributed by atoms with van der Waals surface area (Å²) in [6.45, 7) is 12.2. The molecular formula is C20H32N2O2. The first-order chi connectivity index (χ1) is 11.3. The Labute approximate surface area is 146 Å². The lowest BCUT2D eigenvalue weighted by Gasteiger charge is -2.39. The van der Waals surface area contributed by atoms with E-state index < -0.39 is 0 Å². The molecule has 0 aliphatic heterocycles. The van der Waals surface area contributed by atoms with E-state index in [1.807, 2.05) is 25.1 Å².